The summed E-state index contributed by atoms with van der Waals surface area (Å²) in [4.78, 5) is 22.6. The Morgan fingerprint density at radius 3 is 2.39 bits per heavy atom. The molecule has 1 rings (SSSR count). The van der Waals surface area contributed by atoms with Gasteiger partial charge >= 0.3 is 12.0 Å². The fourth-order valence-corrected chi connectivity index (χ4v) is 1.90. The van der Waals surface area contributed by atoms with Gasteiger partial charge in [-0.15, -0.1) is 0 Å². The van der Waals surface area contributed by atoms with E-state index in [1.165, 1.54) is 0 Å². The highest BCUT2D eigenvalue weighted by Gasteiger charge is 2.23. The van der Waals surface area contributed by atoms with Crippen LogP contribution in [0.25, 0.3) is 0 Å². The number of anilines is 1. The minimum atomic E-state index is -1.04. The Labute approximate surface area is 119 Å². The molecule has 2 amide bonds. The smallest absolute Gasteiger partial charge is 0.326 e. The highest BCUT2D eigenvalue weighted by Crippen LogP contribution is 2.16. The molecule has 0 aromatic heterocycles. The molecule has 0 aliphatic carbocycles. The molecule has 0 spiro atoms. The second-order valence-electron chi connectivity index (χ2n) is 4.14. The number of halogens is 1. The summed E-state index contributed by atoms with van der Waals surface area (Å²) in [6.45, 7) is 3.48. The Morgan fingerprint density at radius 2 is 1.89 bits per heavy atom. The molecule has 0 radical (unpaired) electrons. The van der Waals surface area contributed by atoms with Crippen LogP contribution in [-0.2, 0) is 4.79 Å². The van der Waals surface area contributed by atoms with E-state index >= 15 is 0 Å². The molecule has 98 valence electrons. The predicted octanol–water partition coefficient (Wildman–Crippen LogP) is 2.52. The van der Waals surface area contributed by atoms with Gasteiger partial charge in [-0.2, -0.15) is 0 Å². The van der Waals surface area contributed by atoms with E-state index in [9.17, 15) is 9.59 Å². The zero-order valence-electron chi connectivity index (χ0n) is 10.1. The van der Waals surface area contributed by atoms with Gasteiger partial charge < -0.3 is 15.7 Å². The minimum absolute atomic E-state index is 0.178. The van der Waals surface area contributed by atoms with Crippen LogP contribution in [0.15, 0.2) is 24.3 Å². The maximum Gasteiger partial charge on any atom is 0.326 e. The van der Waals surface area contributed by atoms with Gasteiger partial charge in [-0.3, -0.25) is 0 Å². The number of carbonyl (C=O) groups is 2. The Balaban J connectivity index is 2.67. The van der Waals surface area contributed by atoms with Crippen LogP contribution >= 0.6 is 22.6 Å². The molecule has 1 aromatic rings. The molecule has 1 atom stereocenters. The maximum atomic E-state index is 11.7. The number of hydrogen-bond donors (Lipinski definition) is 3. The number of carbonyl (C=O) groups excluding carboxylic acids is 1. The molecule has 0 fully saturated rings. The van der Waals surface area contributed by atoms with Gasteiger partial charge in [-0.25, -0.2) is 9.59 Å². The summed E-state index contributed by atoms with van der Waals surface area (Å²) in [5.41, 5.74) is 0.656. The van der Waals surface area contributed by atoms with E-state index in [2.05, 4.69) is 33.2 Å². The summed E-state index contributed by atoms with van der Waals surface area (Å²) in [6.07, 6.45) is 0. The maximum absolute atomic E-state index is 11.7. The first kappa shape index (κ1) is 14.7. The summed E-state index contributed by atoms with van der Waals surface area (Å²) in [7, 11) is 0. The first-order valence-corrected chi connectivity index (χ1v) is 6.54. The number of carboxylic acid groups (broad SMARTS) is 1. The summed E-state index contributed by atoms with van der Waals surface area (Å²) in [5, 5.41) is 14.0. The molecule has 0 bridgehead atoms. The molecule has 0 saturated heterocycles. The topological polar surface area (TPSA) is 78.4 Å². The van der Waals surface area contributed by atoms with Gasteiger partial charge in [0.05, 0.1) is 5.69 Å². The molecule has 0 heterocycles. The molecule has 6 heteroatoms. The van der Waals surface area contributed by atoms with Gasteiger partial charge in [0.25, 0.3) is 0 Å². The number of hydrogen-bond acceptors (Lipinski definition) is 2. The minimum Gasteiger partial charge on any atom is -0.480 e. The van der Waals surface area contributed by atoms with Gasteiger partial charge in [-0.1, -0.05) is 26.0 Å². The van der Waals surface area contributed by atoms with Crippen molar-refractivity contribution < 1.29 is 14.7 Å². The van der Waals surface area contributed by atoms with E-state index in [1.807, 2.05) is 12.1 Å². The Kier molecular flexibility index (Phi) is 5.39. The fourth-order valence-electron chi connectivity index (χ4n) is 1.38. The molecule has 0 saturated carbocycles. The van der Waals surface area contributed by atoms with Crippen molar-refractivity contribution in [1.82, 2.24) is 5.32 Å². The van der Waals surface area contributed by atoms with Crippen LogP contribution < -0.4 is 10.6 Å². The molecule has 5 nitrogen and oxygen atoms in total. The molecule has 1 unspecified atom stereocenters. The molecule has 0 aliphatic rings. The summed E-state index contributed by atoms with van der Waals surface area (Å²) in [5.74, 6) is -1.22. The van der Waals surface area contributed by atoms with Crippen LogP contribution in [0.5, 0.6) is 0 Å². The van der Waals surface area contributed by atoms with Gasteiger partial charge in [-0.05, 0) is 40.6 Å². The number of para-hydroxylation sites is 1. The highest BCUT2D eigenvalue weighted by atomic mass is 127. The van der Waals surface area contributed by atoms with E-state index in [1.54, 1.807) is 26.0 Å². The number of rotatable bonds is 4. The van der Waals surface area contributed by atoms with Crippen LogP contribution in [-0.4, -0.2) is 23.1 Å². The zero-order chi connectivity index (χ0) is 13.7. The molecule has 18 heavy (non-hydrogen) atoms. The monoisotopic (exact) mass is 362 g/mol. The van der Waals surface area contributed by atoms with E-state index < -0.39 is 18.0 Å². The largest absolute Gasteiger partial charge is 0.480 e. The van der Waals surface area contributed by atoms with Crippen molar-refractivity contribution in [2.75, 3.05) is 5.32 Å². The average molecular weight is 362 g/mol. The van der Waals surface area contributed by atoms with Crippen molar-refractivity contribution >= 4 is 40.3 Å². The number of aliphatic carboxylic acids is 1. The molecule has 1 aromatic carbocycles. The third-order valence-electron chi connectivity index (χ3n) is 2.34. The first-order valence-electron chi connectivity index (χ1n) is 5.46. The lowest BCUT2D eigenvalue weighted by atomic mass is 10.1. The van der Waals surface area contributed by atoms with Crippen LogP contribution in [0.3, 0.4) is 0 Å². The van der Waals surface area contributed by atoms with E-state index in [-0.39, 0.29) is 5.92 Å². The number of nitrogens with one attached hydrogen (secondary N) is 2. The van der Waals surface area contributed by atoms with E-state index in [0.717, 1.165) is 3.57 Å². The van der Waals surface area contributed by atoms with Crippen LogP contribution in [0.4, 0.5) is 10.5 Å². The predicted molar refractivity (Wildman–Crippen MR) is 77.6 cm³/mol. The Hall–Kier alpha value is -1.31. The molecular weight excluding hydrogens is 347 g/mol. The van der Waals surface area contributed by atoms with Crippen LogP contribution in [0.2, 0.25) is 0 Å². The van der Waals surface area contributed by atoms with Crippen molar-refractivity contribution in [2.45, 2.75) is 19.9 Å². The summed E-state index contributed by atoms with van der Waals surface area (Å²) < 4.78 is 0.890. The van der Waals surface area contributed by atoms with E-state index in [0.29, 0.717) is 5.69 Å². The lowest BCUT2D eigenvalue weighted by Gasteiger charge is -2.18. The molecule has 0 aliphatic heterocycles. The number of amides is 2. The summed E-state index contributed by atoms with van der Waals surface area (Å²) in [6, 6.07) is 5.86. The van der Waals surface area contributed by atoms with Crippen LogP contribution in [0, 0.1) is 9.49 Å². The van der Waals surface area contributed by atoms with Crippen molar-refractivity contribution in [3.8, 4) is 0 Å². The Morgan fingerprint density at radius 1 is 1.28 bits per heavy atom. The lowest BCUT2D eigenvalue weighted by molar-refractivity contribution is -0.140. The van der Waals surface area contributed by atoms with Gasteiger partial charge in [0.1, 0.15) is 6.04 Å². The molecular formula is C12H15IN2O3. The van der Waals surface area contributed by atoms with Gasteiger partial charge in [0, 0.05) is 3.57 Å². The van der Waals surface area contributed by atoms with Crippen LogP contribution in [0.1, 0.15) is 13.8 Å². The quantitative estimate of drug-likeness (QED) is 0.721. The lowest BCUT2D eigenvalue weighted by Crippen LogP contribution is -2.46. The summed E-state index contributed by atoms with van der Waals surface area (Å²) >= 11 is 2.10. The second-order valence-corrected chi connectivity index (χ2v) is 5.30. The van der Waals surface area contributed by atoms with Gasteiger partial charge in [0.2, 0.25) is 0 Å². The van der Waals surface area contributed by atoms with Crippen molar-refractivity contribution in [3.63, 3.8) is 0 Å². The van der Waals surface area contributed by atoms with Gasteiger partial charge in [0.15, 0.2) is 0 Å². The second kappa shape index (κ2) is 6.58. The van der Waals surface area contributed by atoms with E-state index in [4.69, 9.17) is 5.11 Å². The first-order chi connectivity index (χ1) is 8.41. The molecule has 3 N–H and O–H groups in total. The third-order valence-corrected chi connectivity index (χ3v) is 3.28. The third kappa shape index (κ3) is 4.17. The number of carboxylic acids is 1. The SMILES string of the molecule is CC(C)C(NC(=O)Nc1ccccc1I)C(=O)O. The standard InChI is InChI=1S/C12H15IN2O3/c1-7(2)10(11(16)17)15-12(18)14-9-6-4-3-5-8(9)13/h3-7,10H,1-2H3,(H,16,17)(H2,14,15,18). The van der Waals surface area contributed by atoms with Crippen molar-refractivity contribution in [3.05, 3.63) is 27.8 Å². The number of urea groups is 1. The number of benzene rings is 1. The Bertz CT molecular complexity index is 449. The average Bonchev–Trinajstić information content (AvgIpc) is 2.28. The van der Waals surface area contributed by atoms with Crippen molar-refractivity contribution in [1.29, 1.82) is 0 Å². The normalized spacial score (nSPS) is 12.0. The fraction of sp³-hybridized carbons (Fsp3) is 0.333. The van der Waals surface area contributed by atoms with Crippen molar-refractivity contribution in [2.24, 2.45) is 5.92 Å². The highest BCUT2D eigenvalue weighted by molar-refractivity contribution is 14.1. The zero-order valence-corrected chi connectivity index (χ0v) is 12.3.